The molecule has 0 saturated carbocycles. The van der Waals surface area contributed by atoms with E-state index in [1.807, 2.05) is 13.1 Å². The molecule has 1 aromatic heterocycles. The summed E-state index contributed by atoms with van der Waals surface area (Å²) in [6, 6.07) is 0. The Morgan fingerprint density at radius 3 is 2.96 bits per heavy atom. The number of hydrogen-bond acceptors (Lipinski definition) is 5. The molecule has 0 aromatic carbocycles. The molecule has 6 nitrogen and oxygen atoms in total. The van der Waals surface area contributed by atoms with Crippen LogP contribution in [0.3, 0.4) is 0 Å². The van der Waals surface area contributed by atoms with Gasteiger partial charge in [-0.2, -0.15) is 0 Å². The number of hydrogen-bond donors (Lipinski definition) is 2. The van der Waals surface area contributed by atoms with Gasteiger partial charge in [0, 0.05) is 31.4 Å². The smallest absolute Gasteiger partial charge is 0.230 e. The zero-order chi connectivity index (χ0) is 16.6. The Balaban J connectivity index is 1.96. The summed E-state index contributed by atoms with van der Waals surface area (Å²) < 4.78 is 0. The predicted octanol–water partition coefficient (Wildman–Crippen LogP) is 1.38. The first-order chi connectivity index (χ1) is 10.9. The SMILES string of the molecule is Cc1ncc(C(C)C)c(N2CC[C@@H](O)[C@@]3(CCCNC3=O)C2)n1. The average Bonchev–Trinajstić information content (AvgIpc) is 2.52. The van der Waals surface area contributed by atoms with Gasteiger partial charge < -0.3 is 15.3 Å². The Labute approximate surface area is 137 Å². The van der Waals surface area contributed by atoms with Crippen LogP contribution in [0.15, 0.2) is 6.20 Å². The Hall–Kier alpha value is -1.69. The van der Waals surface area contributed by atoms with Crippen LogP contribution in [0.2, 0.25) is 0 Å². The summed E-state index contributed by atoms with van der Waals surface area (Å²) in [5, 5.41) is 13.5. The van der Waals surface area contributed by atoms with Gasteiger partial charge in [0.15, 0.2) is 0 Å². The van der Waals surface area contributed by atoms with E-state index in [1.165, 1.54) is 0 Å². The van der Waals surface area contributed by atoms with Gasteiger partial charge in [0.25, 0.3) is 0 Å². The van der Waals surface area contributed by atoms with Crippen molar-refractivity contribution in [1.29, 1.82) is 0 Å². The number of nitrogens with zero attached hydrogens (tertiary/aromatic N) is 3. The summed E-state index contributed by atoms with van der Waals surface area (Å²) in [5.41, 5.74) is 0.391. The monoisotopic (exact) mass is 318 g/mol. The Kier molecular flexibility index (Phi) is 4.27. The maximum absolute atomic E-state index is 12.5. The minimum atomic E-state index is -0.705. The molecular weight excluding hydrogens is 292 g/mol. The molecule has 2 N–H and O–H groups in total. The third-order valence-electron chi connectivity index (χ3n) is 5.16. The second-order valence-corrected chi connectivity index (χ2v) is 7.09. The predicted molar refractivity (Wildman–Crippen MR) is 88.4 cm³/mol. The molecule has 2 fully saturated rings. The molecule has 3 rings (SSSR count). The van der Waals surface area contributed by atoms with Crippen molar-refractivity contribution in [3.8, 4) is 0 Å². The van der Waals surface area contributed by atoms with E-state index >= 15 is 0 Å². The van der Waals surface area contributed by atoms with Gasteiger partial charge in [0.05, 0.1) is 11.5 Å². The quantitative estimate of drug-likeness (QED) is 0.861. The Morgan fingerprint density at radius 2 is 2.26 bits per heavy atom. The number of aryl methyl sites for hydroxylation is 1. The van der Waals surface area contributed by atoms with Crippen LogP contribution >= 0.6 is 0 Å². The van der Waals surface area contributed by atoms with Gasteiger partial charge in [0.1, 0.15) is 11.6 Å². The minimum absolute atomic E-state index is 0.0159. The van der Waals surface area contributed by atoms with Gasteiger partial charge in [0.2, 0.25) is 5.91 Å². The van der Waals surface area contributed by atoms with Crippen LogP contribution in [-0.2, 0) is 4.79 Å². The molecule has 1 spiro atoms. The lowest BCUT2D eigenvalue weighted by molar-refractivity contribution is -0.142. The van der Waals surface area contributed by atoms with E-state index in [4.69, 9.17) is 0 Å². The molecule has 6 heteroatoms. The molecule has 3 heterocycles. The standard InChI is InChI=1S/C17H26N4O2/c1-11(2)13-9-19-12(3)20-15(13)21-8-5-14(22)17(10-21)6-4-7-18-16(17)23/h9,11,14,22H,4-8,10H2,1-3H3,(H,18,23)/t14-,17-/m1/s1. The molecule has 23 heavy (non-hydrogen) atoms. The molecule has 1 aromatic rings. The number of amides is 1. The van der Waals surface area contributed by atoms with Crippen molar-refractivity contribution in [2.75, 3.05) is 24.5 Å². The van der Waals surface area contributed by atoms with Crippen LogP contribution in [-0.4, -0.2) is 46.7 Å². The number of carbonyl (C=O) groups is 1. The lowest BCUT2D eigenvalue weighted by Crippen LogP contribution is -2.61. The molecule has 2 aliphatic heterocycles. The fraction of sp³-hybridized carbons (Fsp3) is 0.706. The van der Waals surface area contributed by atoms with Gasteiger partial charge >= 0.3 is 0 Å². The van der Waals surface area contributed by atoms with Crippen molar-refractivity contribution in [1.82, 2.24) is 15.3 Å². The number of anilines is 1. The number of aromatic nitrogens is 2. The van der Waals surface area contributed by atoms with E-state index in [-0.39, 0.29) is 5.91 Å². The van der Waals surface area contributed by atoms with E-state index < -0.39 is 11.5 Å². The number of aliphatic hydroxyl groups is 1. The van der Waals surface area contributed by atoms with Crippen LogP contribution in [0.1, 0.15) is 50.4 Å². The molecule has 1 amide bonds. The lowest BCUT2D eigenvalue weighted by atomic mass is 9.71. The highest BCUT2D eigenvalue weighted by Gasteiger charge is 2.50. The van der Waals surface area contributed by atoms with Crippen molar-refractivity contribution in [2.45, 2.75) is 52.1 Å². The number of carbonyl (C=O) groups excluding carboxylic acids is 1. The van der Waals surface area contributed by atoms with Crippen LogP contribution in [0.4, 0.5) is 5.82 Å². The van der Waals surface area contributed by atoms with E-state index in [2.05, 4.69) is 34.0 Å². The molecule has 2 aliphatic rings. The highest BCUT2D eigenvalue weighted by Crippen LogP contribution is 2.39. The van der Waals surface area contributed by atoms with Crippen molar-refractivity contribution < 1.29 is 9.90 Å². The first-order valence-electron chi connectivity index (χ1n) is 8.49. The highest BCUT2D eigenvalue weighted by molar-refractivity contribution is 5.85. The normalized spacial score (nSPS) is 28.3. The first kappa shape index (κ1) is 16.2. The molecule has 2 atom stereocenters. The largest absolute Gasteiger partial charge is 0.392 e. The third kappa shape index (κ3) is 2.80. The maximum Gasteiger partial charge on any atom is 0.230 e. The second-order valence-electron chi connectivity index (χ2n) is 7.09. The summed E-state index contributed by atoms with van der Waals surface area (Å²) in [5.74, 6) is 1.95. The summed E-state index contributed by atoms with van der Waals surface area (Å²) in [7, 11) is 0. The molecule has 0 unspecified atom stereocenters. The topological polar surface area (TPSA) is 78.4 Å². The minimum Gasteiger partial charge on any atom is -0.392 e. The number of rotatable bonds is 2. The van der Waals surface area contributed by atoms with E-state index in [0.29, 0.717) is 32.0 Å². The highest BCUT2D eigenvalue weighted by atomic mass is 16.3. The van der Waals surface area contributed by atoms with Crippen molar-refractivity contribution >= 4 is 11.7 Å². The fourth-order valence-electron chi connectivity index (χ4n) is 3.75. The third-order valence-corrected chi connectivity index (χ3v) is 5.16. The maximum atomic E-state index is 12.5. The van der Waals surface area contributed by atoms with E-state index in [9.17, 15) is 9.90 Å². The molecule has 0 bridgehead atoms. The van der Waals surface area contributed by atoms with E-state index in [0.717, 1.165) is 30.0 Å². The summed E-state index contributed by atoms with van der Waals surface area (Å²) in [4.78, 5) is 23.7. The van der Waals surface area contributed by atoms with Crippen LogP contribution in [0, 0.1) is 12.3 Å². The van der Waals surface area contributed by atoms with E-state index in [1.54, 1.807) is 0 Å². The lowest BCUT2D eigenvalue weighted by Gasteiger charge is -2.47. The molecular formula is C17H26N4O2. The van der Waals surface area contributed by atoms with Crippen molar-refractivity contribution in [3.63, 3.8) is 0 Å². The van der Waals surface area contributed by atoms with Gasteiger partial charge in [-0.15, -0.1) is 0 Å². The summed E-state index contributed by atoms with van der Waals surface area (Å²) in [6.45, 7) is 8.08. The first-order valence-corrected chi connectivity index (χ1v) is 8.49. The van der Waals surface area contributed by atoms with Crippen molar-refractivity contribution in [3.05, 3.63) is 17.6 Å². The van der Waals surface area contributed by atoms with Crippen LogP contribution in [0.5, 0.6) is 0 Å². The Morgan fingerprint density at radius 1 is 1.48 bits per heavy atom. The van der Waals surface area contributed by atoms with Gasteiger partial charge in [-0.05, 0) is 32.1 Å². The molecule has 2 saturated heterocycles. The van der Waals surface area contributed by atoms with Crippen molar-refractivity contribution in [2.24, 2.45) is 5.41 Å². The van der Waals surface area contributed by atoms with Crippen LogP contribution in [0.25, 0.3) is 0 Å². The van der Waals surface area contributed by atoms with Gasteiger partial charge in [-0.3, -0.25) is 4.79 Å². The summed E-state index contributed by atoms with van der Waals surface area (Å²) >= 11 is 0. The van der Waals surface area contributed by atoms with Gasteiger partial charge in [-0.25, -0.2) is 9.97 Å². The van der Waals surface area contributed by atoms with Gasteiger partial charge in [-0.1, -0.05) is 13.8 Å². The summed E-state index contributed by atoms with van der Waals surface area (Å²) in [6.07, 6.45) is 3.55. The molecule has 0 aliphatic carbocycles. The number of aliphatic hydroxyl groups excluding tert-OH is 1. The number of nitrogens with one attached hydrogen (secondary N) is 1. The zero-order valence-electron chi connectivity index (χ0n) is 14.2. The molecule has 0 radical (unpaired) electrons. The Bertz CT molecular complexity index is 604. The molecule has 126 valence electrons. The van der Waals surface area contributed by atoms with Crippen LogP contribution < -0.4 is 10.2 Å². The fourth-order valence-corrected chi connectivity index (χ4v) is 3.75. The number of piperidine rings is 2. The zero-order valence-corrected chi connectivity index (χ0v) is 14.2. The average molecular weight is 318 g/mol. The second kappa shape index (κ2) is 6.07.